The molecule has 0 heterocycles. The minimum Gasteiger partial charge on any atom is -0.481 e. The van der Waals surface area contributed by atoms with E-state index in [1.807, 2.05) is 0 Å². The Morgan fingerprint density at radius 3 is 1.19 bits per heavy atom. The van der Waals surface area contributed by atoms with Gasteiger partial charge in [0.2, 0.25) is 65.0 Å². The van der Waals surface area contributed by atoms with E-state index < -0.39 is 224 Å². The number of carbonyl (C=O) groups is 15. The highest BCUT2D eigenvalue weighted by molar-refractivity contribution is 5.99. The quantitative estimate of drug-likeness (QED) is 0.0153. The van der Waals surface area contributed by atoms with Gasteiger partial charge in [0, 0.05) is 25.8 Å². The molecule has 37 nitrogen and oxygen atoms in total. The number of hydrogen-bond acceptors (Lipinski definition) is 20. The highest BCUT2D eigenvalue weighted by Gasteiger charge is 2.38. The number of nitrogens with two attached hydrogens (primary N) is 5. The number of aliphatic hydroxyl groups excluding tert-OH is 1. The third-order valence-corrected chi connectivity index (χ3v) is 14.8. The van der Waals surface area contributed by atoms with E-state index in [0.29, 0.717) is 25.7 Å². The Labute approximate surface area is 551 Å². The van der Waals surface area contributed by atoms with Crippen molar-refractivity contribution in [2.24, 2.45) is 51.4 Å². The molecule has 37 heteroatoms. The van der Waals surface area contributed by atoms with Gasteiger partial charge in [-0.25, -0.2) is 4.79 Å². The number of hydrogen-bond donors (Lipinski definition) is 21. The molecule has 95 heavy (non-hydrogen) atoms. The number of unbranched alkanes of at least 4 members (excludes halogenated alkanes) is 2. The minimum absolute atomic E-state index is 0.0950. The zero-order valence-electron chi connectivity index (χ0n) is 55.3. The number of nitrogens with zero attached hydrogens (tertiary/aromatic N) is 1. The normalized spacial score (nSPS) is 15.2. The molecule has 0 aliphatic carbocycles. The molecule has 0 aromatic rings. The molecule has 0 aromatic carbocycles. The SMILES string of the molecule is CC[C@H](C)[C@H](NC(=O)CNC(=O)[C@@H](N)CCCN=C(N)N)C(=O)N[C@@H](CCC(=O)O)C(=O)N[C@@H](CCCCN)C(=O)N[C@@H](C)C(=O)N[C@H](C(=O)N[C@@H](CCC(=O)O)C(=O)N[C@@H](CCCCN)C(=O)N[C@H](C(=O)N[C@H](C(=O)N[C@@H](CCC(=O)O)C(=O)O)[C@@H](C)O)C(C)C)C(C)C. The van der Waals surface area contributed by atoms with E-state index in [-0.39, 0.29) is 57.7 Å². The molecule has 0 unspecified atom stereocenters. The fourth-order valence-corrected chi connectivity index (χ4v) is 8.96. The number of nitrogens with one attached hydrogen (secondary N) is 11. The molecular formula is C58H103N17O20. The van der Waals surface area contributed by atoms with Gasteiger partial charge >= 0.3 is 23.9 Å². The second-order valence-corrected chi connectivity index (χ2v) is 23.6. The summed E-state index contributed by atoms with van der Waals surface area (Å²) >= 11 is 0. The van der Waals surface area contributed by atoms with Crippen LogP contribution in [0, 0.1) is 17.8 Å². The van der Waals surface area contributed by atoms with Crippen LogP contribution in [0.4, 0.5) is 0 Å². The predicted molar refractivity (Wildman–Crippen MR) is 341 cm³/mol. The summed E-state index contributed by atoms with van der Waals surface area (Å²) in [4.78, 5) is 201. The Balaban J connectivity index is 6.65. The number of carboxylic acid groups (broad SMARTS) is 4. The molecule has 0 saturated heterocycles. The molecule has 11 amide bonds. The van der Waals surface area contributed by atoms with Crippen molar-refractivity contribution < 1.29 is 97.5 Å². The number of carboxylic acids is 4. The molecule has 0 aromatic heterocycles. The highest BCUT2D eigenvalue weighted by atomic mass is 16.4. The van der Waals surface area contributed by atoms with Gasteiger partial charge in [-0.3, -0.25) is 72.1 Å². The van der Waals surface area contributed by atoms with E-state index in [2.05, 4.69) is 63.5 Å². The van der Waals surface area contributed by atoms with Gasteiger partial charge in [0.05, 0.1) is 18.7 Å². The van der Waals surface area contributed by atoms with Crippen LogP contribution in [0.25, 0.3) is 0 Å². The van der Waals surface area contributed by atoms with Crippen molar-refractivity contribution in [2.75, 3.05) is 26.2 Å². The smallest absolute Gasteiger partial charge is 0.326 e. The number of aliphatic hydroxyl groups is 1. The lowest BCUT2D eigenvalue weighted by Gasteiger charge is -2.30. The zero-order valence-corrected chi connectivity index (χ0v) is 55.3. The van der Waals surface area contributed by atoms with Crippen LogP contribution >= 0.6 is 0 Å². The summed E-state index contributed by atoms with van der Waals surface area (Å²) < 4.78 is 0. The zero-order chi connectivity index (χ0) is 72.8. The van der Waals surface area contributed by atoms with Crippen LogP contribution in [0.5, 0.6) is 0 Å². The second kappa shape index (κ2) is 45.5. The van der Waals surface area contributed by atoms with Gasteiger partial charge in [0.25, 0.3) is 0 Å². The van der Waals surface area contributed by atoms with E-state index in [1.165, 1.54) is 34.6 Å². The summed E-state index contributed by atoms with van der Waals surface area (Å²) in [6.07, 6.45) is -3.53. The first-order valence-electron chi connectivity index (χ1n) is 31.5. The number of amides is 11. The fourth-order valence-electron chi connectivity index (χ4n) is 8.96. The summed E-state index contributed by atoms with van der Waals surface area (Å²) in [6, 6.07) is -16.6. The van der Waals surface area contributed by atoms with Gasteiger partial charge in [-0.15, -0.1) is 0 Å². The highest BCUT2D eigenvalue weighted by Crippen LogP contribution is 2.14. The van der Waals surface area contributed by atoms with Crippen LogP contribution in [0.2, 0.25) is 0 Å². The Morgan fingerprint density at radius 1 is 0.411 bits per heavy atom. The molecule has 0 bridgehead atoms. The van der Waals surface area contributed by atoms with Gasteiger partial charge in [-0.1, -0.05) is 48.0 Å². The first kappa shape index (κ1) is 86.2. The average molecular weight is 1360 g/mol. The first-order valence-corrected chi connectivity index (χ1v) is 31.5. The van der Waals surface area contributed by atoms with Crippen LogP contribution in [-0.4, -0.2) is 219 Å². The second-order valence-electron chi connectivity index (χ2n) is 23.6. The topological polar surface area (TPSA) is 632 Å². The third-order valence-electron chi connectivity index (χ3n) is 14.8. The Hall–Kier alpha value is -8.84. The lowest BCUT2D eigenvalue weighted by atomic mass is 9.97. The first-order chi connectivity index (χ1) is 44.4. The van der Waals surface area contributed by atoms with Crippen molar-refractivity contribution in [3.63, 3.8) is 0 Å². The van der Waals surface area contributed by atoms with E-state index in [4.69, 9.17) is 33.8 Å². The van der Waals surface area contributed by atoms with E-state index in [0.717, 1.165) is 6.92 Å². The van der Waals surface area contributed by atoms with Crippen molar-refractivity contribution in [3.05, 3.63) is 0 Å². The van der Waals surface area contributed by atoms with Crippen LogP contribution in [0.3, 0.4) is 0 Å². The van der Waals surface area contributed by atoms with Gasteiger partial charge in [-0.2, -0.15) is 0 Å². The maximum atomic E-state index is 14.1. The lowest BCUT2D eigenvalue weighted by molar-refractivity contribution is -0.144. The Kier molecular flexibility index (Phi) is 41.3. The molecule has 0 spiro atoms. The van der Waals surface area contributed by atoms with Crippen molar-refractivity contribution in [1.29, 1.82) is 0 Å². The van der Waals surface area contributed by atoms with Crippen molar-refractivity contribution >= 4 is 94.8 Å². The van der Waals surface area contributed by atoms with Crippen molar-refractivity contribution in [1.82, 2.24) is 58.5 Å². The molecule has 26 N–H and O–H groups in total. The molecular weight excluding hydrogens is 1250 g/mol. The Bertz CT molecular complexity index is 2620. The van der Waals surface area contributed by atoms with Gasteiger partial charge in [-0.05, 0) is 115 Å². The molecule has 0 rings (SSSR count). The van der Waals surface area contributed by atoms with Crippen LogP contribution < -0.4 is 87.2 Å². The molecule has 0 radical (unpaired) electrons. The minimum atomic E-state index is -1.82. The van der Waals surface area contributed by atoms with E-state index in [1.54, 1.807) is 13.8 Å². The molecule has 0 saturated carbocycles. The predicted octanol–water partition coefficient (Wildman–Crippen LogP) is -5.97. The summed E-state index contributed by atoms with van der Waals surface area (Å²) in [7, 11) is 0. The number of aliphatic carboxylic acids is 4. The average Bonchev–Trinajstić information content (AvgIpc) is 0.882. The Morgan fingerprint density at radius 2 is 0.779 bits per heavy atom. The van der Waals surface area contributed by atoms with Gasteiger partial charge in [0.15, 0.2) is 5.96 Å². The van der Waals surface area contributed by atoms with Crippen LogP contribution in [0.15, 0.2) is 4.99 Å². The fraction of sp³-hybridized carbons (Fsp3) is 0.724. The van der Waals surface area contributed by atoms with Crippen molar-refractivity contribution in [2.45, 2.75) is 224 Å². The summed E-state index contributed by atoms with van der Waals surface area (Å²) in [5.74, 6) is -18.6. The van der Waals surface area contributed by atoms with E-state index >= 15 is 0 Å². The van der Waals surface area contributed by atoms with Crippen LogP contribution in [-0.2, 0) is 71.9 Å². The van der Waals surface area contributed by atoms with Gasteiger partial charge < -0.3 is 113 Å². The number of aliphatic imine (C=N–C) groups is 1. The lowest BCUT2D eigenvalue weighted by Crippen LogP contribution is -2.62. The summed E-state index contributed by atoms with van der Waals surface area (Å²) in [5, 5.41) is 74.9. The third kappa shape index (κ3) is 34.8. The van der Waals surface area contributed by atoms with Crippen LogP contribution in [0.1, 0.15) is 152 Å². The molecule has 13 atom stereocenters. The summed E-state index contributed by atoms with van der Waals surface area (Å²) in [6.45, 7) is 11.6. The van der Waals surface area contributed by atoms with Gasteiger partial charge in [0.1, 0.15) is 60.4 Å². The number of guanidine groups is 1. The maximum absolute atomic E-state index is 14.1. The molecule has 540 valence electrons. The molecule has 0 aliphatic heterocycles. The molecule has 0 fully saturated rings. The van der Waals surface area contributed by atoms with Crippen molar-refractivity contribution in [3.8, 4) is 0 Å². The maximum Gasteiger partial charge on any atom is 0.326 e. The van der Waals surface area contributed by atoms with E-state index in [9.17, 15) is 92.3 Å². The standard InChI is InChI=1S/C58H103N17O20/c1-9-30(6)45(72-39(77)27-65-48(85)33(61)15-14-26-64-58(62)63)55(92)70-37(19-22-41(80)81)51(88)67-34(16-10-12-24-59)49(86)66-31(7)47(84)73-43(28(2)3)53(90)69-36(18-21-40(78)79)50(87)68-35(17-11-13-25-60)52(89)74-44(29(4)5)54(91)75-46(32(8)76)56(93)71-38(57(94)95)20-23-42(82)83/h28-38,43-46,76H,9-27,59-61H2,1-8H3,(H,65,85)(H,66,86)(H,67,88)(H,68,87)(H,69,90)(H,70,92)(H,71,93)(H,72,77)(H,73,84)(H,74,89)(H,75,91)(H,78,79)(H,80,81)(H,82,83)(H,94,95)(H4,62,63,64)/t30-,31-,32+,33-,34-,35-,36-,37-,38-,43-,44-,45-,46-/m0/s1. The largest absolute Gasteiger partial charge is 0.481 e. The number of rotatable bonds is 49. The monoisotopic (exact) mass is 1360 g/mol. The molecule has 0 aliphatic rings. The summed E-state index contributed by atoms with van der Waals surface area (Å²) in [5.41, 5.74) is 27.9. The number of carbonyl (C=O) groups excluding carboxylic acids is 11.